The van der Waals surface area contributed by atoms with Gasteiger partial charge in [0, 0.05) is 6.92 Å². The van der Waals surface area contributed by atoms with Crippen LogP contribution in [0.5, 0.6) is 0 Å². The Bertz CT molecular complexity index is 158. The number of allylic oxidation sites excluding steroid dienone is 1. The highest BCUT2D eigenvalue weighted by Gasteiger charge is 2.52. The van der Waals surface area contributed by atoms with Crippen molar-refractivity contribution in [2.75, 3.05) is 0 Å². The Morgan fingerprint density at radius 2 is 1.75 bits per heavy atom. The lowest BCUT2D eigenvalue weighted by Gasteiger charge is -2.23. The summed E-state index contributed by atoms with van der Waals surface area (Å²) < 4.78 is 61.0. The lowest BCUT2D eigenvalue weighted by Crippen LogP contribution is -2.39. The van der Waals surface area contributed by atoms with Crippen molar-refractivity contribution < 1.29 is 22.0 Å². The number of halogens is 5. The molecular weight excluding hydrogens is 179 g/mol. The van der Waals surface area contributed by atoms with Crippen molar-refractivity contribution in [3.05, 3.63) is 12.7 Å². The van der Waals surface area contributed by atoms with Crippen LogP contribution in [0.15, 0.2) is 12.7 Å². The summed E-state index contributed by atoms with van der Waals surface area (Å²) in [7, 11) is 0. The zero-order valence-electron chi connectivity index (χ0n) is 6.46. The maximum atomic E-state index is 12.3. The third-order valence-corrected chi connectivity index (χ3v) is 1.35. The predicted molar refractivity (Wildman–Crippen MR) is 35.3 cm³/mol. The molecule has 0 nitrogen and oxygen atoms in total. The van der Waals surface area contributed by atoms with Crippen LogP contribution < -0.4 is 0 Å². The third kappa shape index (κ3) is 2.79. The Labute approximate surface area is 67.1 Å². The standard InChI is InChI=1S/C7H9F5/c1-3-5(8)4-7(11,12)6(2,9)10/h3,5H,1,4H2,2H3. The van der Waals surface area contributed by atoms with E-state index in [0.717, 1.165) is 0 Å². The molecule has 0 aromatic heterocycles. The molecule has 0 N–H and O–H groups in total. The zero-order valence-corrected chi connectivity index (χ0v) is 6.46. The van der Waals surface area contributed by atoms with Crippen LogP contribution in [0.2, 0.25) is 0 Å². The largest absolute Gasteiger partial charge is 0.313 e. The van der Waals surface area contributed by atoms with E-state index < -0.39 is 24.4 Å². The van der Waals surface area contributed by atoms with Gasteiger partial charge in [-0.3, -0.25) is 0 Å². The Morgan fingerprint density at radius 1 is 1.33 bits per heavy atom. The Kier molecular flexibility index (Phi) is 3.24. The first-order valence-electron chi connectivity index (χ1n) is 3.23. The van der Waals surface area contributed by atoms with Crippen molar-refractivity contribution in [2.24, 2.45) is 0 Å². The molecule has 0 spiro atoms. The van der Waals surface area contributed by atoms with Gasteiger partial charge in [0.2, 0.25) is 0 Å². The number of hydrogen-bond donors (Lipinski definition) is 0. The minimum absolute atomic E-state index is 0.0583. The predicted octanol–water partition coefficient (Wildman–Crippen LogP) is 3.19. The average molecular weight is 188 g/mol. The highest BCUT2D eigenvalue weighted by Crippen LogP contribution is 2.37. The van der Waals surface area contributed by atoms with E-state index in [-0.39, 0.29) is 6.92 Å². The van der Waals surface area contributed by atoms with Crippen LogP contribution in [0.3, 0.4) is 0 Å². The summed E-state index contributed by atoms with van der Waals surface area (Å²) in [5, 5.41) is 0. The van der Waals surface area contributed by atoms with Crippen LogP contribution in [0.4, 0.5) is 22.0 Å². The molecule has 0 rings (SSSR count). The Hall–Kier alpha value is -0.610. The molecule has 0 amide bonds. The number of rotatable bonds is 4. The quantitative estimate of drug-likeness (QED) is 0.469. The van der Waals surface area contributed by atoms with Crippen molar-refractivity contribution in [3.8, 4) is 0 Å². The first kappa shape index (κ1) is 11.4. The minimum atomic E-state index is -4.32. The van der Waals surface area contributed by atoms with Crippen molar-refractivity contribution in [1.82, 2.24) is 0 Å². The van der Waals surface area contributed by atoms with E-state index >= 15 is 0 Å². The molecule has 0 aliphatic heterocycles. The summed E-state index contributed by atoms with van der Waals surface area (Å²) in [6.45, 7) is 2.93. The maximum absolute atomic E-state index is 12.3. The second-order valence-electron chi connectivity index (χ2n) is 2.55. The fourth-order valence-corrected chi connectivity index (χ4v) is 0.507. The second-order valence-corrected chi connectivity index (χ2v) is 2.55. The van der Waals surface area contributed by atoms with Gasteiger partial charge >= 0.3 is 11.8 Å². The Morgan fingerprint density at radius 3 is 2.00 bits per heavy atom. The maximum Gasteiger partial charge on any atom is 0.313 e. The molecule has 5 heteroatoms. The van der Waals surface area contributed by atoms with E-state index in [9.17, 15) is 22.0 Å². The normalized spacial score (nSPS) is 15.8. The smallest absolute Gasteiger partial charge is 0.243 e. The van der Waals surface area contributed by atoms with Crippen LogP contribution in [-0.2, 0) is 0 Å². The monoisotopic (exact) mass is 188 g/mol. The summed E-state index contributed by atoms with van der Waals surface area (Å²) >= 11 is 0. The van der Waals surface area contributed by atoms with E-state index in [1.54, 1.807) is 0 Å². The van der Waals surface area contributed by atoms with Gasteiger partial charge < -0.3 is 0 Å². The molecule has 0 saturated heterocycles. The van der Waals surface area contributed by atoms with Gasteiger partial charge in [-0.15, -0.1) is 6.58 Å². The molecule has 0 saturated carbocycles. The summed E-state index contributed by atoms with van der Waals surface area (Å²) in [5.74, 6) is -8.51. The topological polar surface area (TPSA) is 0 Å². The van der Waals surface area contributed by atoms with E-state index in [1.165, 1.54) is 0 Å². The van der Waals surface area contributed by atoms with Crippen LogP contribution in [0.1, 0.15) is 13.3 Å². The van der Waals surface area contributed by atoms with Crippen LogP contribution >= 0.6 is 0 Å². The van der Waals surface area contributed by atoms with E-state index in [0.29, 0.717) is 6.08 Å². The van der Waals surface area contributed by atoms with Gasteiger partial charge in [0.05, 0.1) is 6.42 Å². The first-order chi connectivity index (χ1) is 5.20. The van der Waals surface area contributed by atoms with Gasteiger partial charge in [0.25, 0.3) is 0 Å². The number of alkyl halides is 5. The summed E-state index contributed by atoms with van der Waals surface area (Å²) in [6, 6.07) is 0. The molecule has 0 aliphatic rings. The van der Waals surface area contributed by atoms with Crippen molar-refractivity contribution in [3.63, 3.8) is 0 Å². The van der Waals surface area contributed by atoms with E-state index in [1.807, 2.05) is 0 Å². The minimum Gasteiger partial charge on any atom is -0.243 e. The molecule has 0 fully saturated rings. The average Bonchev–Trinajstić information content (AvgIpc) is 1.84. The fourth-order valence-electron chi connectivity index (χ4n) is 0.507. The molecule has 0 aromatic carbocycles. The second kappa shape index (κ2) is 3.41. The van der Waals surface area contributed by atoms with Crippen LogP contribution in [-0.4, -0.2) is 18.0 Å². The molecule has 0 bridgehead atoms. The van der Waals surface area contributed by atoms with Crippen LogP contribution in [0, 0.1) is 0 Å². The lowest BCUT2D eigenvalue weighted by molar-refractivity contribution is -0.205. The van der Waals surface area contributed by atoms with Gasteiger partial charge in [-0.25, -0.2) is 13.2 Å². The highest BCUT2D eigenvalue weighted by molar-refractivity contribution is 4.89. The zero-order chi connectivity index (χ0) is 9.99. The fraction of sp³-hybridized carbons (Fsp3) is 0.714. The summed E-state index contributed by atoms with van der Waals surface area (Å²) in [6.07, 6.45) is -3.06. The van der Waals surface area contributed by atoms with Gasteiger partial charge in [-0.1, -0.05) is 6.08 Å². The Balaban J connectivity index is 4.32. The van der Waals surface area contributed by atoms with E-state index in [2.05, 4.69) is 6.58 Å². The molecular formula is C7H9F5. The van der Waals surface area contributed by atoms with Gasteiger partial charge in [-0.2, -0.15) is 8.78 Å². The third-order valence-electron chi connectivity index (χ3n) is 1.35. The molecule has 12 heavy (non-hydrogen) atoms. The SMILES string of the molecule is C=CC(F)CC(F)(F)C(C)(F)F. The van der Waals surface area contributed by atoms with Gasteiger partial charge in [0.15, 0.2) is 0 Å². The van der Waals surface area contributed by atoms with Crippen molar-refractivity contribution >= 4 is 0 Å². The molecule has 0 radical (unpaired) electrons. The molecule has 1 atom stereocenters. The molecule has 0 aromatic rings. The summed E-state index contributed by atoms with van der Waals surface area (Å²) in [5.41, 5.74) is 0. The van der Waals surface area contributed by atoms with Gasteiger partial charge in [0.1, 0.15) is 6.17 Å². The lowest BCUT2D eigenvalue weighted by atomic mass is 10.1. The molecule has 0 heterocycles. The molecule has 1 unspecified atom stereocenters. The summed E-state index contributed by atoms with van der Waals surface area (Å²) in [4.78, 5) is 0. The van der Waals surface area contributed by atoms with E-state index in [4.69, 9.17) is 0 Å². The first-order valence-corrected chi connectivity index (χ1v) is 3.23. The number of hydrogen-bond acceptors (Lipinski definition) is 0. The van der Waals surface area contributed by atoms with Gasteiger partial charge in [-0.05, 0) is 0 Å². The highest BCUT2D eigenvalue weighted by atomic mass is 19.3. The van der Waals surface area contributed by atoms with Crippen LogP contribution in [0.25, 0.3) is 0 Å². The van der Waals surface area contributed by atoms with Crippen molar-refractivity contribution in [2.45, 2.75) is 31.4 Å². The molecule has 72 valence electrons. The molecule has 0 aliphatic carbocycles. The van der Waals surface area contributed by atoms with Crippen molar-refractivity contribution in [1.29, 1.82) is 0 Å².